The van der Waals surface area contributed by atoms with E-state index >= 15 is 0 Å². The smallest absolute Gasteiger partial charge is 0.248 e. The van der Waals surface area contributed by atoms with Crippen molar-refractivity contribution in [1.82, 2.24) is 14.8 Å². The van der Waals surface area contributed by atoms with E-state index in [1.54, 1.807) is 18.3 Å². The Morgan fingerprint density at radius 1 is 1.10 bits per heavy atom. The lowest BCUT2D eigenvalue weighted by molar-refractivity contribution is -0.116. The molecule has 9 nitrogen and oxygen atoms in total. The van der Waals surface area contributed by atoms with Gasteiger partial charge in [0.25, 0.3) is 0 Å². The van der Waals surface area contributed by atoms with Gasteiger partial charge in [-0.3, -0.25) is 14.5 Å². The molecule has 9 heteroatoms. The second kappa shape index (κ2) is 10.7. The summed E-state index contributed by atoms with van der Waals surface area (Å²) in [5.74, 6) is 3.35. The van der Waals surface area contributed by atoms with Crippen molar-refractivity contribution in [2.24, 2.45) is 5.73 Å². The quantitative estimate of drug-likeness (QED) is 0.522. The lowest BCUT2D eigenvalue weighted by Gasteiger charge is -2.32. The highest BCUT2D eigenvalue weighted by atomic mass is 16.5. The first kappa shape index (κ1) is 25.3. The largest absolute Gasteiger partial charge is 0.489 e. The number of piperazine rings is 1. The third-order valence-electron chi connectivity index (χ3n) is 7.73. The molecule has 1 aliphatic carbocycles. The average Bonchev–Trinajstić information content (AvgIpc) is 3.62. The number of fused-ring (bicyclic) bond motifs is 4. The van der Waals surface area contributed by atoms with Gasteiger partial charge in [0, 0.05) is 67.9 Å². The van der Waals surface area contributed by atoms with Gasteiger partial charge in [0.15, 0.2) is 0 Å². The molecule has 3 aliphatic heterocycles. The fourth-order valence-electron chi connectivity index (χ4n) is 5.30. The lowest BCUT2D eigenvalue weighted by atomic mass is 10.1. The number of hydrogen-bond acceptors (Lipinski definition) is 7. The number of ether oxygens (including phenoxy) is 2. The predicted molar refractivity (Wildman–Crippen MR) is 147 cm³/mol. The minimum atomic E-state index is -0.365. The number of carbonyl (C=O) groups excluding carboxylic acids is 2. The summed E-state index contributed by atoms with van der Waals surface area (Å²) in [5.41, 5.74) is 9.23. The number of primary amides is 1. The second-order valence-electron chi connectivity index (χ2n) is 10.6. The highest BCUT2D eigenvalue weighted by molar-refractivity contribution is 5.93. The standard InChI is InChI=1S/C17H14N2O3.C13H19N3O/c20-16-4-2-10-14(5-6-18-17(10)19-16)21-9-1-3-13-11(7-9)12-8-15(12)22-13;1-15-6-8-16(9-7-15)10-11-2-4-12(5-3-11)13(14)17/h1,3,5-7,12,15H,2,4,8H2,(H,18,19,20);2-5H,6-10H2,1H3,(H2,14,17). The van der Waals surface area contributed by atoms with Gasteiger partial charge in [-0.15, -0.1) is 0 Å². The number of aromatic nitrogens is 1. The Bertz CT molecular complexity index is 1380. The van der Waals surface area contributed by atoms with E-state index < -0.39 is 0 Å². The van der Waals surface area contributed by atoms with Crippen molar-refractivity contribution in [3.63, 3.8) is 0 Å². The van der Waals surface area contributed by atoms with E-state index in [2.05, 4.69) is 33.2 Å². The van der Waals surface area contributed by atoms with Crippen LogP contribution in [0, 0.1) is 0 Å². The molecule has 2 aromatic carbocycles. The number of nitrogens with two attached hydrogens (primary N) is 1. The second-order valence-corrected chi connectivity index (χ2v) is 10.6. The average molecular weight is 528 g/mol. The van der Waals surface area contributed by atoms with Crippen LogP contribution >= 0.6 is 0 Å². The van der Waals surface area contributed by atoms with Gasteiger partial charge in [-0.2, -0.15) is 0 Å². The monoisotopic (exact) mass is 527 g/mol. The number of benzene rings is 2. The number of amides is 2. The topological polar surface area (TPSA) is 110 Å². The normalized spacial score (nSPS) is 21.3. The number of nitrogens with zero attached hydrogens (tertiary/aromatic N) is 3. The summed E-state index contributed by atoms with van der Waals surface area (Å²) in [6, 6.07) is 15.4. The third kappa shape index (κ3) is 5.74. The van der Waals surface area contributed by atoms with Gasteiger partial charge in [-0.25, -0.2) is 4.98 Å². The van der Waals surface area contributed by atoms with Gasteiger partial charge in [-0.05, 0) is 61.9 Å². The SMILES string of the molecule is CN1CCN(Cc2ccc(C(N)=O)cc2)CC1.O=C1CCc2c(Oc3ccc4c(c3)C3CC3O4)ccnc2N1. The molecule has 2 amide bonds. The summed E-state index contributed by atoms with van der Waals surface area (Å²) in [6.07, 6.45) is 4.29. The molecule has 4 aliphatic rings. The maximum atomic E-state index is 11.5. The van der Waals surface area contributed by atoms with Gasteiger partial charge in [-0.1, -0.05) is 12.1 Å². The highest BCUT2D eigenvalue weighted by Gasteiger charge is 2.48. The molecule has 2 unspecified atom stereocenters. The molecule has 4 heterocycles. The molecule has 0 radical (unpaired) electrons. The maximum Gasteiger partial charge on any atom is 0.248 e. The van der Waals surface area contributed by atoms with Crippen LogP contribution in [0.5, 0.6) is 17.2 Å². The molecule has 0 bridgehead atoms. The molecule has 39 heavy (non-hydrogen) atoms. The Balaban J connectivity index is 0.000000148. The number of hydrogen-bond donors (Lipinski definition) is 2. The van der Waals surface area contributed by atoms with Crippen LogP contribution < -0.4 is 20.5 Å². The zero-order valence-electron chi connectivity index (χ0n) is 22.1. The van der Waals surface area contributed by atoms with Crippen molar-refractivity contribution < 1.29 is 19.1 Å². The molecule has 202 valence electrons. The minimum absolute atomic E-state index is 0.00612. The Morgan fingerprint density at radius 2 is 1.90 bits per heavy atom. The van der Waals surface area contributed by atoms with E-state index in [0.717, 1.165) is 62.0 Å². The molecular weight excluding hydrogens is 494 g/mol. The van der Waals surface area contributed by atoms with E-state index in [-0.39, 0.29) is 11.8 Å². The van der Waals surface area contributed by atoms with Crippen LogP contribution in [0.1, 0.15) is 45.8 Å². The fraction of sp³-hybridized carbons (Fsp3) is 0.367. The summed E-state index contributed by atoms with van der Waals surface area (Å²) in [7, 11) is 2.15. The lowest BCUT2D eigenvalue weighted by Crippen LogP contribution is -2.43. The summed E-state index contributed by atoms with van der Waals surface area (Å²) in [4.78, 5) is 31.4. The maximum absolute atomic E-state index is 11.5. The number of rotatable bonds is 5. The van der Waals surface area contributed by atoms with Crippen LogP contribution in [0.3, 0.4) is 0 Å². The molecule has 0 spiro atoms. The Kier molecular flexibility index (Phi) is 6.93. The van der Waals surface area contributed by atoms with E-state index in [0.29, 0.717) is 36.2 Å². The van der Waals surface area contributed by atoms with Gasteiger partial charge < -0.3 is 25.4 Å². The first-order valence-electron chi connectivity index (χ1n) is 13.5. The van der Waals surface area contributed by atoms with E-state index in [9.17, 15) is 9.59 Å². The molecule has 2 fully saturated rings. The number of nitrogens with one attached hydrogen (secondary N) is 1. The van der Waals surface area contributed by atoms with Crippen molar-refractivity contribution in [1.29, 1.82) is 0 Å². The zero-order valence-corrected chi connectivity index (χ0v) is 22.1. The Morgan fingerprint density at radius 3 is 2.67 bits per heavy atom. The molecule has 7 rings (SSSR count). The first-order valence-corrected chi connectivity index (χ1v) is 13.5. The van der Waals surface area contributed by atoms with Crippen LogP contribution in [0.4, 0.5) is 5.82 Å². The van der Waals surface area contributed by atoms with E-state index in [1.165, 1.54) is 11.1 Å². The molecule has 1 saturated carbocycles. The number of pyridine rings is 1. The van der Waals surface area contributed by atoms with Gasteiger partial charge in [0.05, 0.1) is 0 Å². The molecule has 2 atom stereocenters. The van der Waals surface area contributed by atoms with Crippen LogP contribution in [0.2, 0.25) is 0 Å². The first-order chi connectivity index (χ1) is 18.9. The number of anilines is 1. The summed E-state index contributed by atoms with van der Waals surface area (Å²) in [6.45, 7) is 5.41. The van der Waals surface area contributed by atoms with Crippen molar-refractivity contribution in [2.75, 3.05) is 38.5 Å². The van der Waals surface area contributed by atoms with E-state index in [1.807, 2.05) is 30.3 Å². The minimum Gasteiger partial charge on any atom is -0.489 e. The zero-order chi connectivity index (χ0) is 26.9. The number of carbonyl (C=O) groups is 2. The molecular formula is C30H33N5O4. The summed E-state index contributed by atoms with van der Waals surface area (Å²) in [5, 5.41) is 2.79. The van der Waals surface area contributed by atoms with Crippen molar-refractivity contribution in [2.45, 2.75) is 37.8 Å². The van der Waals surface area contributed by atoms with Crippen molar-refractivity contribution in [3.8, 4) is 17.2 Å². The van der Waals surface area contributed by atoms with Crippen LogP contribution in [0.15, 0.2) is 54.7 Å². The predicted octanol–water partition coefficient (Wildman–Crippen LogP) is 3.54. The van der Waals surface area contributed by atoms with Crippen LogP contribution in [0.25, 0.3) is 0 Å². The van der Waals surface area contributed by atoms with Crippen LogP contribution in [-0.2, 0) is 17.8 Å². The van der Waals surface area contributed by atoms with Gasteiger partial charge in [0.2, 0.25) is 11.8 Å². The Labute approximate surface area is 227 Å². The van der Waals surface area contributed by atoms with Gasteiger partial charge >= 0.3 is 0 Å². The third-order valence-corrected chi connectivity index (χ3v) is 7.73. The van der Waals surface area contributed by atoms with Gasteiger partial charge in [0.1, 0.15) is 29.2 Å². The Hall–Kier alpha value is -3.95. The molecule has 3 N–H and O–H groups in total. The highest BCUT2D eigenvalue weighted by Crippen LogP contribution is 2.54. The van der Waals surface area contributed by atoms with E-state index in [4.69, 9.17) is 15.2 Å². The number of likely N-dealkylation sites (N-methyl/N-ethyl adjacent to an activating group) is 1. The molecule has 1 saturated heterocycles. The fourth-order valence-corrected chi connectivity index (χ4v) is 5.30. The summed E-state index contributed by atoms with van der Waals surface area (Å²) >= 11 is 0. The van der Waals surface area contributed by atoms with Crippen molar-refractivity contribution in [3.05, 3.63) is 77.0 Å². The van der Waals surface area contributed by atoms with Crippen LogP contribution in [-0.4, -0.2) is 65.9 Å². The van der Waals surface area contributed by atoms with Crippen molar-refractivity contribution >= 4 is 17.6 Å². The molecule has 1 aromatic heterocycles. The molecule has 3 aromatic rings. The summed E-state index contributed by atoms with van der Waals surface area (Å²) < 4.78 is 11.8.